The summed E-state index contributed by atoms with van der Waals surface area (Å²) in [4.78, 5) is 24.6. The number of allylic oxidation sites excluding steroid dienone is 6. The largest absolute Gasteiger partial charge is 0.462 e. The average Bonchev–Trinajstić information content (AvgIpc) is 3.40. The van der Waals surface area contributed by atoms with Gasteiger partial charge < -0.3 is 14.6 Å². The van der Waals surface area contributed by atoms with Gasteiger partial charge in [-0.2, -0.15) is 0 Å². The number of carbonyl (C=O) groups is 2. The van der Waals surface area contributed by atoms with Gasteiger partial charge in [-0.05, 0) is 70.6 Å². The predicted octanol–water partition coefficient (Wildman–Crippen LogP) is 23.0. The number of rotatable bonds is 63. The van der Waals surface area contributed by atoms with E-state index in [4.69, 9.17) is 9.47 Å². The van der Waals surface area contributed by atoms with E-state index in [1.54, 1.807) is 0 Å². The van der Waals surface area contributed by atoms with Crippen molar-refractivity contribution in [2.24, 2.45) is 0 Å². The normalized spacial score (nSPS) is 12.3. The van der Waals surface area contributed by atoms with Crippen molar-refractivity contribution < 1.29 is 24.2 Å². The van der Waals surface area contributed by atoms with Crippen LogP contribution < -0.4 is 0 Å². The summed E-state index contributed by atoms with van der Waals surface area (Å²) in [7, 11) is 0. The molecule has 1 unspecified atom stereocenters. The molecule has 1 atom stereocenters. The first-order valence-corrected chi connectivity index (χ1v) is 33.5. The Hall–Kier alpha value is -1.88. The quantitative estimate of drug-likeness (QED) is 0.0373. The van der Waals surface area contributed by atoms with Gasteiger partial charge in [-0.1, -0.05) is 326 Å². The Morgan fingerprint density at radius 3 is 0.811 bits per heavy atom. The summed E-state index contributed by atoms with van der Waals surface area (Å²) in [6.45, 7) is 4.19. The lowest BCUT2D eigenvalue weighted by molar-refractivity contribution is -0.161. The van der Waals surface area contributed by atoms with Crippen LogP contribution in [-0.4, -0.2) is 36.4 Å². The molecule has 0 aliphatic heterocycles. The molecule has 0 saturated heterocycles. The average molecular weight is 1040 g/mol. The van der Waals surface area contributed by atoms with Crippen LogP contribution in [0.1, 0.15) is 373 Å². The van der Waals surface area contributed by atoms with Gasteiger partial charge in [0.1, 0.15) is 6.61 Å². The van der Waals surface area contributed by atoms with Crippen molar-refractivity contribution in [3.63, 3.8) is 0 Å². The molecule has 5 nitrogen and oxygen atoms in total. The monoisotopic (exact) mass is 1040 g/mol. The van der Waals surface area contributed by atoms with E-state index in [2.05, 4.69) is 50.3 Å². The summed E-state index contributed by atoms with van der Waals surface area (Å²) in [6, 6.07) is 0. The number of esters is 2. The third-order valence-corrected chi connectivity index (χ3v) is 15.4. The third-order valence-electron chi connectivity index (χ3n) is 15.4. The minimum Gasteiger partial charge on any atom is -0.462 e. The Labute approximate surface area is 463 Å². The fourth-order valence-electron chi connectivity index (χ4n) is 10.4. The fraction of sp³-hybridized carbons (Fsp3) is 0.884. The first-order chi connectivity index (χ1) is 36.6. The topological polar surface area (TPSA) is 72.8 Å². The predicted molar refractivity (Wildman–Crippen MR) is 325 cm³/mol. The van der Waals surface area contributed by atoms with Crippen molar-refractivity contribution in [2.75, 3.05) is 13.2 Å². The van der Waals surface area contributed by atoms with E-state index in [0.717, 1.165) is 44.9 Å². The standard InChI is InChI=1S/C69H130O5/c1-3-5-7-9-11-13-15-17-19-21-23-25-27-29-31-33-34-36-38-40-42-44-46-48-50-52-54-56-58-60-62-64-69(72)74-67(65-70)66-73-68(71)63-61-59-57-55-53-51-49-47-45-43-41-39-37-35-32-30-28-26-24-22-20-18-16-14-12-10-8-6-4-2/h15,17,21-24,67,70H,3-14,16,18-20,25-66H2,1-2H3/b17-15-,23-21-,24-22-. The number of ether oxygens (including phenoxy) is 2. The number of aliphatic hydroxyl groups excluding tert-OH is 1. The van der Waals surface area contributed by atoms with Gasteiger partial charge in [-0.3, -0.25) is 9.59 Å². The molecule has 0 radical (unpaired) electrons. The Kier molecular flexibility index (Phi) is 63.7. The number of unbranched alkanes of at least 4 members (excludes halogenated alkanes) is 49. The van der Waals surface area contributed by atoms with Crippen molar-refractivity contribution in [1.82, 2.24) is 0 Å². The SMILES string of the molecule is CCCCCCC/C=C\C/C=C\CCCCCCCCCCCCCCCCCCCCCC(=O)OC(CO)COC(=O)CCCCCCCCCCCCCCCCCCC/C=C\CCCCCCCCCC. The number of hydrogen-bond donors (Lipinski definition) is 1. The molecular formula is C69H130O5. The Morgan fingerprint density at radius 2 is 0.541 bits per heavy atom. The highest BCUT2D eigenvalue weighted by Gasteiger charge is 2.16. The third kappa shape index (κ3) is 62.7. The first-order valence-electron chi connectivity index (χ1n) is 33.5. The van der Waals surface area contributed by atoms with Crippen LogP contribution in [0.5, 0.6) is 0 Å². The van der Waals surface area contributed by atoms with Gasteiger partial charge in [0.15, 0.2) is 6.10 Å². The molecule has 0 amide bonds. The van der Waals surface area contributed by atoms with Gasteiger partial charge >= 0.3 is 11.9 Å². The van der Waals surface area contributed by atoms with Crippen LogP contribution in [0.25, 0.3) is 0 Å². The van der Waals surface area contributed by atoms with Crippen LogP contribution in [0.4, 0.5) is 0 Å². The molecule has 0 fully saturated rings. The highest BCUT2D eigenvalue weighted by Crippen LogP contribution is 2.18. The maximum absolute atomic E-state index is 12.4. The zero-order valence-electron chi connectivity index (χ0n) is 50.1. The molecule has 0 aromatic rings. The molecule has 5 heteroatoms. The molecule has 1 N–H and O–H groups in total. The summed E-state index contributed by atoms with van der Waals surface area (Å²) in [5, 5.41) is 9.69. The van der Waals surface area contributed by atoms with Crippen LogP contribution in [0.3, 0.4) is 0 Å². The van der Waals surface area contributed by atoms with Crippen molar-refractivity contribution in [1.29, 1.82) is 0 Å². The minimum atomic E-state index is -0.770. The smallest absolute Gasteiger partial charge is 0.306 e. The second-order valence-corrected chi connectivity index (χ2v) is 22.9. The van der Waals surface area contributed by atoms with Crippen molar-refractivity contribution in [3.05, 3.63) is 36.5 Å². The molecule has 74 heavy (non-hydrogen) atoms. The molecule has 0 aliphatic carbocycles. The Balaban J connectivity index is 3.40. The number of carbonyl (C=O) groups excluding carboxylic acids is 2. The van der Waals surface area contributed by atoms with Gasteiger partial charge in [0.25, 0.3) is 0 Å². The zero-order valence-corrected chi connectivity index (χ0v) is 50.1. The Bertz CT molecular complexity index is 1170. The van der Waals surface area contributed by atoms with Crippen molar-refractivity contribution in [2.45, 2.75) is 380 Å². The lowest BCUT2D eigenvalue weighted by atomic mass is 10.0. The van der Waals surface area contributed by atoms with Gasteiger partial charge in [0.05, 0.1) is 6.61 Å². The molecule has 0 aliphatic rings. The highest BCUT2D eigenvalue weighted by atomic mass is 16.6. The van der Waals surface area contributed by atoms with Crippen LogP contribution in [0.2, 0.25) is 0 Å². The van der Waals surface area contributed by atoms with Crippen LogP contribution in [0.15, 0.2) is 36.5 Å². The maximum atomic E-state index is 12.4. The van der Waals surface area contributed by atoms with Crippen LogP contribution in [0, 0.1) is 0 Å². The molecule has 436 valence electrons. The van der Waals surface area contributed by atoms with E-state index >= 15 is 0 Å². The minimum absolute atomic E-state index is 0.0597. The highest BCUT2D eigenvalue weighted by molar-refractivity contribution is 5.70. The van der Waals surface area contributed by atoms with E-state index in [-0.39, 0.29) is 25.2 Å². The van der Waals surface area contributed by atoms with Crippen molar-refractivity contribution in [3.8, 4) is 0 Å². The molecular weight excluding hydrogens is 909 g/mol. The van der Waals surface area contributed by atoms with Gasteiger partial charge in [-0.25, -0.2) is 0 Å². The van der Waals surface area contributed by atoms with Crippen molar-refractivity contribution >= 4 is 11.9 Å². The number of aliphatic hydroxyl groups is 1. The Morgan fingerprint density at radius 1 is 0.311 bits per heavy atom. The van der Waals surface area contributed by atoms with Gasteiger partial charge in [0, 0.05) is 12.8 Å². The maximum Gasteiger partial charge on any atom is 0.306 e. The lowest BCUT2D eigenvalue weighted by Crippen LogP contribution is -2.28. The van der Waals surface area contributed by atoms with E-state index in [0.29, 0.717) is 12.8 Å². The molecule has 0 saturated carbocycles. The second-order valence-electron chi connectivity index (χ2n) is 22.9. The van der Waals surface area contributed by atoms with E-state index in [1.807, 2.05) is 0 Å². The molecule has 0 aromatic carbocycles. The number of hydrogen-bond acceptors (Lipinski definition) is 5. The summed E-state index contributed by atoms with van der Waals surface area (Å²) >= 11 is 0. The molecule has 0 rings (SSSR count). The van der Waals surface area contributed by atoms with Crippen LogP contribution >= 0.6 is 0 Å². The van der Waals surface area contributed by atoms with Crippen LogP contribution in [-0.2, 0) is 19.1 Å². The molecule has 0 heterocycles. The lowest BCUT2D eigenvalue weighted by Gasteiger charge is -2.15. The van der Waals surface area contributed by atoms with Gasteiger partial charge in [-0.15, -0.1) is 0 Å². The molecule has 0 bridgehead atoms. The summed E-state index contributed by atoms with van der Waals surface area (Å²) in [5.41, 5.74) is 0. The summed E-state index contributed by atoms with van der Waals surface area (Å²) in [5.74, 6) is -0.567. The summed E-state index contributed by atoms with van der Waals surface area (Å²) < 4.78 is 10.8. The second kappa shape index (κ2) is 65.4. The molecule has 0 spiro atoms. The van der Waals surface area contributed by atoms with E-state index in [1.165, 1.54) is 302 Å². The molecule has 0 aromatic heterocycles. The zero-order chi connectivity index (χ0) is 53.4. The van der Waals surface area contributed by atoms with E-state index < -0.39 is 6.10 Å². The van der Waals surface area contributed by atoms with E-state index in [9.17, 15) is 14.7 Å². The summed E-state index contributed by atoms with van der Waals surface area (Å²) in [6.07, 6.45) is 86.0. The first kappa shape index (κ1) is 72.1. The van der Waals surface area contributed by atoms with Gasteiger partial charge in [0.2, 0.25) is 0 Å². The fourth-order valence-corrected chi connectivity index (χ4v) is 10.4.